The number of hydrogen-bond acceptors (Lipinski definition) is 7. The Bertz CT molecular complexity index is 660. The molecule has 0 saturated carbocycles. The van der Waals surface area contributed by atoms with E-state index in [9.17, 15) is 25.0 Å². The van der Waals surface area contributed by atoms with Crippen molar-refractivity contribution in [2.24, 2.45) is 0 Å². The summed E-state index contributed by atoms with van der Waals surface area (Å²) in [6.45, 7) is 0. The van der Waals surface area contributed by atoms with E-state index in [-0.39, 0.29) is 11.1 Å². The summed E-state index contributed by atoms with van der Waals surface area (Å²) in [5.74, 6) is -0.958. The second-order valence-electron chi connectivity index (χ2n) is 4.64. The first-order valence-corrected chi connectivity index (χ1v) is 6.75. The van der Waals surface area contributed by atoms with Crippen LogP contribution in [0.2, 0.25) is 0 Å². The predicted octanol–water partition coefficient (Wildman–Crippen LogP) is 2.45. The lowest BCUT2D eigenvalue weighted by Gasteiger charge is -2.20. The quantitative estimate of drug-likeness (QED) is 0.537. The van der Waals surface area contributed by atoms with Crippen molar-refractivity contribution in [1.29, 1.82) is 0 Å². The SMILES string of the molecule is O=C(C(O[N+](=O)[O-])c1ccccc1)C(O[N+](=O)[O-])c1ccccc1. The molecule has 124 valence electrons. The predicted molar refractivity (Wildman–Crippen MR) is 79.5 cm³/mol. The van der Waals surface area contributed by atoms with Gasteiger partial charge in [0.25, 0.3) is 10.2 Å². The summed E-state index contributed by atoms with van der Waals surface area (Å²) in [6, 6.07) is 15.3. The van der Waals surface area contributed by atoms with Gasteiger partial charge in [-0.25, -0.2) is 0 Å². The number of carbonyl (C=O) groups is 1. The Morgan fingerprint density at radius 2 is 1.08 bits per heavy atom. The third-order valence-corrected chi connectivity index (χ3v) is 3.10. The first kappa shape index (κ1) is 16.9. The lowest BCUT2D eigenvalue weighted by Crippen LogP contribution is -2.28. The van der Waals surface area contributed by atoms with Crippen LogP contribution in [0.5, 0.6) is 0 Å². The van der Waals surface area contributed by atoms with E-state index in [1.807, 2.05) is 0 Å². The number of nitrogens with zero attached hydrogens (tertiary/aromatic N) is 2. The zero-order valence-corrected chi connectivity index (χ0v) is 12.2. The summed E-state index contributed by atoms with van der Waals surface area (Å²) in [4.78, 5) is 43.0. The summed E-state index contributed by atoms with van der Waals surface area (Å²) in [5, 5.41) is 19.2. The van der Waals surface area contributed by atoms with E-state index in [1.165, 1.54) is 24.3 Å². The molecule has 0 aromatic heterocycles. The molecule has 0 aliphatic heterocycles. The van der Waals surface area contributed by atoms with Crippen LogP contribution < -0.4 is 0 Å². The first-order chi connectivity index (χ1) is 11.5. The van der Waals surface area contributed by atoms with E-state index in [0.717, 1.165) is 0 Å². The Labute approximate surface area is 135 Å². The normalized spacial score (nSPS) is 12.7. The molecule has 24 heavy (non-hydrogen) atoms. The van der Waals surface area contributed by atoms with Gasteiger partial charge < -0.3 is 0 Å². The van der Waals surface area contributed by atoms with Gasteiger partial charge >= 0.3 is 0 Å². The number of carbonyl (C=O) groups excluding carboxylic acids is 1. The average Bonchev–Trinajstić information content (AvgIpc) is 2.58. The molecule has 0 bridgehead atoms. The van der Waals surface area contributed by atoms with Gasteiger partial charge in [-0.15, -0.1) is 20.2 Å². The molecule has 0 amide bonds. The van der Waals surface area contributed by atoms with Gasteiger partial charge in [-0.05, 0) is 11.1 Å². The van der Waals surface area contributed by atoms with Gasteiger partial charge in [-0.1, -0.05) is 60.7 Å². The van der Waals surface area contributed by atoms with Crippen LogP contribution in [-0.4, -0.2) is 16.0 Å². The number of Topliss-reactive ketones (excluding diaryl/α,β-unsaturated/α-hetero) is 1. The molecule has 2 aromatic carbocycles. The maximum Gasteiger partial charge on any atom is 0.295 e. The van der Waals surface area contributed by atoms with Crippen LogP contribution in [0, 0.1) is 20.2 Å². The Balaban J connectivity index is 2.40. The lowest BCUT2D eigenvalue weighted by atomic mass is 9.97. The molecule has 0 saturated heterocycles. The third kappa shape index (κ3) is 4.26. The second kappa shape index (κ2) is 7.68. The van der Waals surface area contributed by atoms with Gasteiger partial charge in [0.05, 0.1) is 0 Å². The van der Waals surface area contributed by atoms with Crippen molar-refractivity contribution in [3.63, 3.8) is 0 Å². The molecule has 2 atom stereocenters. The first-order valence-electron chi connectivity index (χ1n) is 6.75. The summed E-state index contributed by atoms with van der Waals surface area (Å²) < 4.78 is 0. The smallest absolute Gasteiger partial charge is 0.295 e. The Morgan fingerprint density at radius 1 is 0.750 bits per heavy atom. The minimum Gasteiger partial charge on any atom is -0.298 e. The van der Waals surface area contributed by atoms with E-state index in [2.05, 4.69) is 9.68 Å². The van der Waals surface area contributed by atoms with Crippen molar-refractivity contribution >= 4 is 5.78 Å². The van der Waals surface area contributed by atoms with Crippen LogP contribution in [0.1, 0.15) is 23.3 Å². The van der Waals surface area contributed by atoms with E-state index in [4.69, 9.17) is 0 Å². The van der Waals surface area contributed by atoms with Crippen molar-refractivity contribution in [2.75, 3.05) is 0 Å². The van der Waals surface area contributed by atoms with Crippen molar-refractivity contribution in [3.05, 3.63) is 92.0 Å². The maximum atomic E-state index is 12.7. The number of rotatable bonds is 8. The van der Waals surface area contributed by atoms with Crippen molar-refractivity contribution in [3.8, 4) is 0 Å². The highest BCUT2D eigenvalue weighted by atomic mass is 17.0. The fourth-order valence-electron chi connectivity index (χ4n) is 2.12. The van der Waals surface area contributed by atoms with Crippen molar-refractivity contribution < 1.29 is 24.6 Å². The summed E-state index contributed by atoms with van der Waals surface area (Å²) in [7, 11) is 0. The molecular formula is C15H12N2O7. The van der Waals surface area contributed by atoms with Crippen LogP contribution in [0.4, 0.5) is 0 Å². The van der Waals surface area contributed by atoms with Crippen LogP contribution in [-0.2, 0) is 14.5 Å². The molecule has 0 aliphatic rings. The number of benzene rings is 2. The summed E-state index contributed by atoms with van der Waals surface area (Å²) in [6.07, 6.45) is -3.29. The molecule has 2 aromatic rings. The topological polar surface area (TPSA) is 122 Å². The van der Waals surface area contributed by atoms with Gasteiger partial charge in [0.1, 0.15) is 0 Å². The maximum absolute atomic E-state index is 12.7. The molecule has 9 heteroatoms. The van der Waals surface area contributed by atoms with Gasteiger partial charge in [0.2, 0.25) is 0 Å². The van der Waals surface area contributed by atoms with Gasteiger partial charge in [0.15, 0.2) is 18.0 Å². The summed E-state index contributed by atoms with van der Waals surface area (Å²) in [5.41, 5.74) is 0.374. The highest BCUT2D eigenvalue weighted by molar-refractivity contribution is 5.89. The van der Waals surface area contributed by atoms with Gasteiger partial charge in [-0.3, -0.25) is 14.5 Å². The van der Waals surface area contributed by atoms with Crippen LogP contribution in [0.25, 0.3) is 0 Å². The Kier molecular flexibility index (Phi) is 5.40. The summed E-state index contributed by atoms with van der Waals surface area (Å²) >= 11 is 0. The highest BCUT2D eigenvalue weighted by Gasteiger charge is 2.34. The molecule has 0 N–H and O–H groups in total. The third-order valence-electron chi connectivity index (χ3n) is 3.10. The zero-order chi connectivity index (χ0) is 17.5. The molecule has 0 radical (unpaired) electrons. The van der Waals surface area contributed by atoms with E-state index in [0.29, 0.717) is 0 Å². The minimum absolute atomic E-state index is 0.187. The number of ketones is 1. The largest absolute Gasteiger partial charge is 0.298 e. The standard InChI is InChI=1S/C15H12N2O7/c18-13(14(23-16(19)20)11-7-3-1-4-8-11)15(24-17(21)22)12-9-5-2-6-10-12/h1-10,14-15H. The second-order valence-corrected chi connectivity index (χ2v) is 4.64. The molecule has 9 nitrogen and oxygen atoms in total. The molecular weight excluding hydrogens is 320 g/mol. The monoisotopic (exact) mass is 332 g/mol. The molecule has 0 spiro atoms. The fraction of sp³-hybridized carbons (Fsp3) is 0.133. The molecule has 0 fully saturated rings. The van der Waals surface area contributed by atoms with Crippen LogP contribution in [0.15, 0.2) is 60.7 Å². The van der Waals surface area contributed by atoms with Crippen LogP contribution >= 0.6 is 0 Å². The zero-order valence-electron chi connectivity index (χ0n) is 12.2. The van der Waals surface area contributed by atoms with Gasteiger partial charge in [0, 0.05) is 0 Å². The van der Waals surface area contributed by atoms with Crippen molar-refractivity contribution in [1.82, 2.24) is 0 Å². The van der Waals surface area contributed by atoms with E-state index in [1.54, 1.807) is 36.4 Å². The average molecular weight is 332 g/mol. The van der Waals surface area contributed by atoms with E-state index >= 15 is 0 Å². The van der Waals surface area contributed by atoms with Gasteiger partial charge in [-0.2, -0.15) is 0 Å². The molecule has 0 heterocycles. The molecule has 2 rings (SSSR count). The molecule has 0 aliphatic carbocycles. The van der Waals surface area contributed by atoms with Crippen molar-refractivity contribution in [2.45, 2.75) is 12.2 Å². The highest BCUT2D eigenvalue weighted by Crippen LogP contribution is 2.28. The molecule has 2 unspecified atom stereocenters. The number of hydrogen-bond donors (Lipinski definition) is 0. The van der Waals surface area contributed by atoms with E-state index < -0.39 is 28.2 Å². The Hall–Kier alpha value is -3.49. The lowest BCUT2D eigenvalue weighted by molar-refractivity contribution is -0.773. The van der Waals surface area contributed by atoms with Crippen LogP contribution in [0.3, 0.4) is 0 Å². The Morgan fingerprint density at radius 3 is 1.38 bits per heavy atom. The minimum atomic E-state index is -1.65. The fourth-order valence-corrected chi connectivity index (χ4v) is 2.12.